The van der Waals surface area contributed by atoms with Crippen molar-refractivity contribution < 1.29 is 14.6 Å². The van der Waals surface area contributed by atoms with Gasteiger partial charge >= 0.3 is 0 Å². The lowest BCUT2D eigenvalue weighted by molar-refractivity contribution is 0.0940. The first-order valence-corrected chi connectivity index (χ1v) is 11.2. The molecule has 0 aliphatic carbocycles. The number of benzene rings is 2. The number of aromatic nitrogens is 5. The largest absolute Gasteiger partial charge is 0.497 e. The fourth-order valence-electron chi connectivity index (χ4n) is 3.64. The zero-order valence-electron chi connectivity index (χ0n) is 19.5. The molecule has 0 radical (unpaired) electrons. The number of carbonyl (C=O) groups excluding carboxylic acids is 1. The van der Waals surface area contributed by atoms with Crippen molar-refractivity contribution in [2.45, 2.75) is 26.1 Å². The van der Waals surface area contributed by atoms with Gasteiger partial charge in [0.2, 0.25) is 0 Å². The van der Waals surface area contributed by atoms with Crippen molar-refractivity contribution >= 4 is 11.6 Å². The molecular weight excluding hydrogens is 446 g/mol. The number of ether oxygens (including phenoxy) is 1. The maximum atomic E-state index is 12.9. The van der Waals surface area contributed by atoms with E-state index < -0.39 is 0 Å². The third-order valence-electron chi connectivity index (χ3n) is 5.48. The molecular formula is C25H27N7O3. The van der Waals surface area contributed by atoms with E-state index in [1.165, 1.54) is 6.33 Å². The Morgan fingerprint density at radius 2 is 2.00 bits per heavy atom. The molecule has 1 amide bonds. The highest BCUT2D eigenvalue weighted by molar-refractivity contribution is 5.95. The number of methoxy groups -OCH3 is 1. The zero-order chi connectivity index (χ0) is 24.6. The molecule has 0 unspecified atom stereocenters. The molecule has 180 valence electrons. The van der Waals surface area contributed by atoms with Gasteiger partial charge in [0.25, 0.3) is 5.91 Å². The molecule has 35 heavy (non-hydrogen) atoms. The fraction of sp³-hybridized carbons (Fsp3) is 0.240. The van der Waals surface area contributed by atoms with Gasteiger partial charge in [0, 0.05) is 24.0 Å². The summed E-state index contributed by atoms with van der Waals surface area (Å²) in [5.74, 6) is 1.75. The molecule has 0 aliphatic heterocycles. The number of aliphatic hydroxyl groups excluding tert-OH is 1. The third-order valence-corrected chi connectivity index (χ3v) is 5.48. The van der Waals surface area contributed by atoms with Crippen molar-refractivity contribution in [1.29, 1.82) is 0 Å². The fourth-order valence-corrected chi connectivity index (χ4v) is 3.64. The Balaban J connectivity index is 1.44. The Bertz CT molecular complexity index is 1280. The maximum Gasteiger partial charge on any atom is 0.251 e. The summed E-state index contributed by atoms with van der Waals surface area (Å²) >= 11 is 0. The van der Waals surface area contributed by atoms with E-state index in [2.05, 4.69) is 30.8 Å². The summed E-state index contributed by atoms with van der Waals surface area (Å²) < 4.78 is 7.08. The molecule has 2 aromatic carbocycles. The monoisotopic (exact) mass is 473 g/mol. The van der Waals surface area contributed by atoms with Crippen LogP contribution in [0.2, 0.25) is 0 Å². The molecule has 10 heteroatoms. The minimum atomic E-state index is -0.188. The second-order valence-electron chi connectivity index (χ2n) is 7.82. The van der Waals surface area contributed by atoms with E-state index in [-0.39, 0.29) is 18.6 Å². The highest BCUT2D eigenvalue weighted by atomic mass is 16.5. The van der Waals surface area contributed by atoms with Crippen LogP contribution in [0.1, 0.15) is 34.7 Å². The number of nitrogens with zero attached hydrogens (tertiary/aromatic N) is 5. The summed E-state index contributed by atoms with van der Waals surface area (Å²) in [7, 11) is 1.62. The van der Waals surface area contributed by atoms with E-state index in [1.807, 2.05) is 47.9 Å². The number of amides is 1. The second-order valence-corrected chi connectivity index (χ2v) is 7.82. The number of rotatable bonds is 10. The van der Waals surface area contributed by atoms with Crippen LogP contribution in [0, 0.1) is 0 Å². The van der Waals surface area contributed by atoms with Crippen LogP contribution in [0.15, 0.2) is 67.1 Å². The van der Waals surface area contributed by atoms with Crippen LogP contribution in [-0.4, -0.2) is 49.5 Å². The van der Waals surface area contributed by atoms with E-state index in [9.17, 15) is 9.90 Å². The van der Waals surface area contributed by atoms with Crippen molar-refractivity contribution in [2.24, 2.45) is 0 Å². The smallest absolute Gasteiger partial charge is 0.251 e. The second kappa shape index (κ2) is 11.2. The molecule has 1 atom stereocenters. The summed E-state index contributed by atoms with van der Waals surface area (Å²) in [4.78, 5) is 21.0. The number of hydrogen-bond acceptors (Lipinski definition) is 8. The van der Waals surface area contributed by atoms with Gasteiger partial charge in [-0.15, -0.1) is 10.2 Å². The SMILES string of the molecule is COc1cccc([C@@H](C)NC(=O)c2cccc(NCc3nnc(-c4ccncn4)n3CCO)c2)c1. The number of carbonyl (C=O) groups is 1. The van der Waals surface area contributed by atoms with E-state index in [1.54, 1.807) is 31.5 Å². The topological polar surface area (TPSA) is 127 Å². The van der Waals surface area contributed by atoms with Gasteiger partial charge in [-0.05, 0) is 48.9 Å². The molecule has 0 bridgehead atoms. The van der Waals surface area contributed by atoms with Gasteiger partial charge in [-0.2, -0.15) is 0 Å². The summed E-state index contributed by atoms with van der Waals surface area (Å²) in [5, 5.41) is 24.3. The predicted octanol–water partition coefficient (Wildman–Crippen LogP) is 2.84. The van der Waals surface area contributed by atoms with Gasteiger partial charge in [-0.1, -0.05) is 18.2 Å². The normalized spacial score (nSPS) is 11.6. The van der Waals surface area contributed by atoms with Crippen molar-refractivity contribution in [3.8, 4) is 17.3 Å². The maximum absolute atomic E-state index is 12.9. The first kappa shape index (κ1) is 23.8. The minimum Gasteiger partial charge on any atom is -0.497 e. The first-order chi connectivity index (χ1) is 17.1. The third kappa shape index (κ3) is 5.79. The summed E-state index contributed by atoms with van der Waals surface area (Å²) in [6, 6.07) is 16.4. The number of aliphatic hydroxyl groups is 1. The summed E-state index contributed by atoms with van der Waals surface area (Å²) in [5.41, 5.74) is 2.86. The summed E-state index contributed by atoms with van der Waals surface area (Å²) in [6.07, 6.45) is 3.07. The van der Waals surface area contributed by atoms with Gasteiger partial charge in [0.05, 0.1) is 26.3 Å². The van der Waals surface area contributed by atoms with Gasteiger partial charge < -0.3 is 25.0 Å². The molecule has 2 heterocycles. The van der Waals surface area contributed by atoms with Crippen molar-refractivity contribution in [2.75, 3.05) is 19.0 Å². The Morgan fingerprint density at radius 3 is 2.77 bits per heavy atom. The number of anilines is 1. The Kier molecular flexibility index (Phi) is 7.63. The van der Waals surface area contributed by atoms with Gasteiger partial charge in [-0.3, -0.25) is 4.79 Å². The highest BCUT2D eigenvalue weighted by Crippen LogP contribution is 2.20. The molecule has 0 spiro atoms. The highest BCUT2D eigenvalue weighted by Gasteiger charge is 2.15. The zero-order valence-corrected chi connectivity index (χ0v) is 19.5. The van der Waals surface area contributed by atoms with Crippen LogP contribution in [0.4, 0.5) is 5.69 Å². The molecule has 0 aliphatic rings. The van der Waals surface area contributed by atoms with E-state index in [0.717, 1.165) is 17.0 Å². The molecule has 0 saturated heterocycles. The molecule has 3 N–H and O–H groups in total. The summed E-state index contributed by atoms with van der Waals surface area (Å²) in [6.45, 7) is 2.54. The first-order valence-electron chi connectivity index (χ1n) is 11.2. The lowest BCUT2D eigenvalue weighted by Crippen LogP contribution is -2.26. The standard InChI is InChI=1S/C25H27N7O3/c1-17(18-5-4-8-21(14-18)35-2)29-25(34)19-6-3-7-20(13-19)27-15-23-30-31-24(32(23)11-12-33)22-9-10-26-16-28-22/h3-10,13-14,16-17,27,33H,11-12,15H2,1-2H3,(H,29,34)/t17-/m1/s1. The number of nitrogens with one attached hydrogen (secondary N) is 2. The number of hydrogen-bond donors (Lipinski definition) is 3. The van der Waals surface area contributed by atoms with Crippen molar-refractivity contribution in [3.63, 3.8) is 0 Å². The average Bonchev–Trinajstić information content (AvgIpc) is 3.30. The average molecular weight is 474 g/mol. The van der Waals surface area contributed by atoms with Gasteiger partial charge in [0.15, 0.2) is 11.6 Å². The Morgan fingerprint density at radius 1 is 1.14 bits per heavy atom. The van der Waals surface area contributed by atoms with E-state index in [4.69, 9.17) is 4.74 Å². The van der Waals surface area contributed by atoms with Crippen LogP contribution in [-0.2, 0) is 13.1 Å². The van der Waals surface area contributed by atoms with E-state index >= 15 is 0 Å². The van der Waals surface area contributed by atoms with Crippen LogP contribution < -0.4 is 15.4 Å². The van der Waals surface area contributed by atoms with Crippen LogP contribution in [0.25, 0.3) is 11.5 Å². The quantitative estimate of drug-likeness (QED) is 0.321. The molecule has 0 saturated carbocycles. The van der Waals surface area contributed by atoms with E-state index in [0.29, 0.717) is 36.0 Å². The van der Waals surface area contributed by atoms with Gasteiger partial charge in [0.1, 0.15) is 17.8 Å². The molecule has 0 fully saturated rings. The molecule has 4 rings (SSSR count). The molecule has 4 aromatic rings. The Labute approximate surface area is 203 Å². The van der Waals surface area contributed by atoms with Crippen LogP contribution >= 0.6 is 0 Å². The predicted molar refractivity (Wildman–Crippen MR) is 131 cm³/mol. The lowest BCUT2D eigenvalue weighted by atomic mass is 10.1. The van der Waals surface area contributed by atoms with Gasteiger partial charge in [-0.25, -0.2) is 9.97 Å². The van der Waals surface area contributed by atoms with Crippen LogP contribution in [0.5, 0.6) is 5.75 Å². The van der Waals surface area contributed by atoms with Crippen molar-refractivity contribution in [3.05, 3.63) is 84.1 Å². The minimum absolute atomic E-state index is 0.0652. The lowest BCUT2D eigenvalue weighted by Gasteiger charge is -2.16. The Hall–Kier alpha value is -4.31. The molecule has 2 aromatic heterocycles. The molecule has 10 nitrogen and oxygen atoms in total. The van der Waals surface area contributed by atoms with Crippen molar-refractivity contribution in [1.82, 2.24) is 30.0 Å². The van der Waals surface area contributed by atoms with Crippen LogP contribution in [0.3, 0.4) is 0 Å².